The summed E-state index contributed by atoms with van der Waals surface area (Å²) >= 11 is 5.74. The number of anilines is 1. The summed E-state index contributed by atoms with van der Waals surface area (Å²) in [5.74, 6) is -1.30. The topological polar surface area (TPSA) is 64.6 Å². The molecule has 0 aliphatic rings. The van der Waals surface area contributed by atoms with Crippen LogP contribution in [0.5, 0.6) is 5.75 Å². The standard InChI is InChI=1S/C17H15ClFNO4/c1-11(17(22)20-14-4-2-3-13(19)9-14)24-16(21)10-23-15-7-5-12(18)6-8-15/h2-9,11H,10H2,1H3,(H,20,22). The Hall–Kier alpha value is -2.60. The van der Waals surface area contributed by atoms with Crippen LogP contribution in [0.4, 0.5) is 10.1 Å². The minimum Gasteiger partial charge on any atom is -0.482 e. The smallest absolute Gasteiger partial charge is 0.344 e. The van der Waals surface area contributed by atoms with E-state index >= 15 is 0 Å². The second kappa shape index (κ2) is 8.31. The van der Waals surface area contributed by atoms with Crippen LogP contribution in [0, 0.1) is 5.82 Å². The average molecular weight is 352 g/mol. The van der Waals surface area contributed by atoms with Crippen LogP contribution in [0.2, 0.25) is 5.02 Å². The second-order valence-electron chi connectivity index (χ2n) is 4.87. The van der Waals surface area contributed by atoms with Gasteiger partial charge in [0.25, 0.3) is 5.91 Å². The molecule has 0 fully saturated rings. The first kappa shape index (κ1) is 17.7. The Labute approximate surface area is 143 Å². The van der Waals surface area contributed by atoms with Crippen molar-refractivity contribution in [1.82, 2.24) is 0 Å². The van der Waals surface area contributed by atoms with Gasteiger partial charge in [-0.25, -0.2) is 9.18 Å². The van der Waals surface area contributed by atoms with E-state index in [0.717, 1.165) is 6.07 Å². The lowest BCUT2D eigenvalue weighted by Crippen LogP contribution is -2.31. The zero-order chi connectivity index (χ0) is 17.5. The Morgan fingerprint density at radius 2 is 1.92 bits per heavy atom. The molecule has 2 rings (SSSR count). The average Bonchev–Trinajstić information content (AvgIpc) is 2.54. The van der Waals surface area contributed by atoms with Crippen molar-refractivity contribution in [2.45, 2.75) is 13.0 Å². The molecule has 24 heavy (non-hydrogen) atoms. The van der Waals surface area contributed by atoms with E-state index in [-0.39, 0.29) is 12.3 Å². The molecule has 1 amide bonds. The lowest BCUT2D eigenvalue weighted by atomic mass is 10.3. The van der Waals surface area contributed by atoms with Gasteiger partial charge in [0.15, 0.2) is 12.7 Å². The van der Waals surface area contributed by atoms with Gasteiger partial charge in [-0.1, -0.05) is 17.7 Å². The predicted molar refractivity (Wildman–Crippen MR) is 87.5 cm³/mol. The number of carbonyl (C=O) groups is 2. The summed E-state index contributed by atoms with van der Waals surface area (Å²) in [6, 6.07) is 11.9. The molecule has 0 aliphatic heterocycles. The van der Waals surface area contributed by atoms with Crippen molar-refractivity contribution < 1.29 is 23.5 Å². The largest absolute Gasteiger partial charge is 0.482 e. The summed E-state index contributed by atoms with van der Waals surface area (Å²) in [7, 11) is 0. The van der Waals surface area contributed by atoms with Crippen molar-refractivity contribution in [3.8, 4) is 5.75 Å². The normalized spacial score (nSPS) is 11.5. The van der Waals surface area contributed by atoms with Gasteiger partial charge in [-0.2, -0.15) is 0 Å². The minimum atomic E-state index is -1.05. The quantitative estimate of drug-likeness (QED) is 0.810. The molecule has 126 valence electrons. The molecule has 1 unspecified atom stereocenters. The van der Waals surface area contributed by atoms with Gasteiger partial charge in [0.05, 0.1) is 0 Å². The molecular weight excluding hydrogens is 337 g/mol. The SMILES string of the molecule is CC(OC(=O)COc1ccc(Cl)cc1)C(=O)Nc1cccc(F)c1. The molecule has 0 aliphatic carbocycles. The van der Waals surface area contributed by atoms with Crippen molar-refractivity contribution in [2.24, 2.45) is 0 Å². The fourth-order valence-corrected chi connectivity index (χ4v) is 1.89. The van der Waals surface area contributed by atoms with Gasteiger partial charge in [-0.05, 0) is 49.4 Å². The first-order valence-corrected chi connectivity index (χ1v) is 7.46. The van der Waals surface area contributed by atoms with E-state index in [4.69, 9.17) is 21.1 Å². The predicted octanol–water partition coefficient (Wildman–Crippen LogP) is 3.43. The van der Waals surface area contributed by atoms with Crippen molar-refractivity contribution in [3.63, 3.8) is 0 Å². The fraction of sp³-hybridized carbons (Fsp3) is 0.176. The molecule has 2 aromatic rings. The molecule has 1 N–H and O–H groups in total. The van der Waals surface area contributed by atoms with Crippen LogP contribution < -0.4 is 10.1 Å². The number of hydrogen-bond donors (Lipinski definition) is 1. The monoisotopic (exact) mass is 351 g/mol. The summed E-state index contributed by atoms with van der Waals surface area (Å²) in [6.45, 7) is 1.06. The Bertz CT molecular complexity index is 721. The highest BCUT2D eigenvalue weighted by Gasteiger charge is 2.18. The number of ether oxygens (including phenoxy) is 2. The number of halogens is 2. The summed E-state index contributed by atoms with van der Waals surface area (Å²) in [5.41, 5.74) is 0.278. The number of rotatable bonds is 6. The van der Waals surface area contributed by atoms with E-state index in [1.165, 1.54) is 25.1 Å². The molecule has 0 saturated heterocycles. The highest BCUT2D eigenvalue weighted by atomic mass is 35.5. The number of amides is 1. The van der Waals surface area contributed by atoms with E-state index in [0.29, 0.717) is 10.8 Å². The number of hydrogen-bond acceptors (Lipinski definition) is 4. The Morgan fingerprint density at radius 1 is 1.21 bits per heavy atom. The van der Waals surface area contributed by atoms with E-state index in [2.05, 4.69) is 5.32 Å². The lowest BCUT2D eigenvalue weighted by molar-refractivity contribution is -0.155. The summed E-state index contributed by atoms with van der Waals surface area (Å²) in [4.78, 5) is 23.6. The van der Waals surface area contributed by atoms with E-state index in [1.54, 1.807) is 24.3 Å². The molecule has 0 aromatic heterocycles. The summed E-state index contributed by atoms with van der Waals surface area (Å²) in [5, 5.41) is 3.00. The van der Waals surface area contributed by atoms with Gasteiger partial charge in [-0.15, -0.1) is 0 Å². The fourth-order valence-electron chi connectivity index (χ4n) is 1.77. The van der Waals surface area contributed by atoms with Crippen molar-refractivity contribution >= 4 is 29.2 Å². The van der Waals surface area contributed by atoms with Crippen LogP contribution in [0.3, 0.4) is 0 Å². The third kappa shape index (κ3) is 5.55. The van der Waals surface area contributed by atoms with Crippen LogP contribution in [-0.4, -0.2) is 24.6 Å². The maximum absolute atomic E-state index is 13.1. The van der Waals surface area contributed by atoms with Crippen molar-refractivity contribution in [3.05, 3.63) is 59.4 Å². The number of nitrogens with one attached hydrogen (secondary N) is 1. The van der Waals surface area contributed by atoms with E-state index in [1.807, 2.05) is 0 Å². The van der Waals surface area contributed by atoms with Gasteiger partial charge in [-0.3, -0.25) is 4.79 Å². The van der Waals surface area contributed by atoms with Crippen molar-refractivity contribution in [2.75, 3.05) is 11.9 Å². The first-order chi connectivity index (χ1) is 11.4. The van der Waals surface area contributed by atoms with Crippen LogP contribution in [0.25, 0.3) is 0 Å². The molecule has 0 saturated carbocycles. The summed E-state index contributed by atoms with van der Waals surface area (Å²) < 4.78 is 23.2. The van der Waals surface area contributed by atoms with Gasteiger partial charge in [0, 0.05) is 10.7 Å². The van der Waals surface area contributed by atoms with Crippen LogP contribution >= 0.6 is 11.6 Å². The zero-order valence-corrected chi connectivity index (χ0v) is 13.5. The zero-order valence-electron chi connectivity index (χ0n) is 12.8. The highest BCUT2D eigenvalue weighted by molar-refractivity contribution is 6.30. The molecular formula is C17H15ClFNO4. The molecule has 0 spiro atoms. The van der Waals surface area contributed by atoms with Crippen LogP contribution in [-0.2, 0) is 14.3 Å². The van der Waals surface area contributed by atoms with Crippen molar-refractivity contribution in [1.29, 1.82) is 0 Å². The third-order valence-electron chi connectivity index (χ3n) is 2.94. The van der Waals surface area contributed by atoms with Gasteiger partial charge in [0.2, 0.25) is 0 Å². The Kier molecular flexibility index (Phi) is 6.14. The second-order valence-corrected chi connectivity index (χ2v) is 5.31. The summed E-state index contributed by atoms with van der Waals surface area (Å²) in [6.07, 6.45) is -1.05. The van der Waals surface area contributed by atoms with Crippen LogP contribution in [0.1, 0.15) is 6.92 Å². The van der Waals surface area contributed by atoms with Crippen LogP contribution in [0.15, 0.2) is 48.5 Å². The van der Waals surface area contributed by atoms with Gasteiger partial charge < -0.3 is 14.8 Å². The molecule has 0 heterocycles. The lowest BCUT2D eigenvalue weighted by Gasteiger charge is -2.14. The number of carbonyl (C=O) groups excluding carboxylic acids is 2. The molecule has 5 nitrogen and oxygen atoms in total. The van der Waals surface area contributed by atoms with E-state index in [9.17, 15) is 14.0 Å². The van der Waals surface area contributed by atoms with Gasteiger partial charge >= 0.3 is 5.97 Å². The number of esters is 1. The molecule has 0 bridgehead atoms. The first-order valence-electron chi connectivity index (χ1n) is 7.08. The Balaban J connectivity index is 1.80. The third-order valence-corrected chi connectivity index (χ3v) is 3.19. The number of benzene rings is 2. The minimum absolute atomic E-state index is 0.278. The molecule has 0 radical (unpaired) electrons. The van der Waals surface area contributed by atoms with E-state index < -0.39 is 23.8 Å². The maximum Gasteiger partial charge on any atom is 0.344 e. The molecule has 1 atom stereocenters. The highest BCUT2D eigenvalue weighted by Crippen LogP contribution is 2.15. The maximum atomic E-state index is 13.1. The molecule has 7 heteroatoms. The molecule has 2 aromatic carbocycles. The Morgan fingerprint density at radius 3 is 2.58 bits per heavy atom. The van der Waals surface area contributed by atoms with Gasteiger partial charge in [0.1, 0.15) is 11.6 Å².